The minimum Gasteiger partial charge on any atom is -0.387 e. The molecular weight excluding hydrogens is 162 g/mol. The molecule has 0 aliphatic carbocycles. The first-order chi connectivity index (χ1) is 6.22. The highest BCUT2D eigenvalue weighted by Gasteiger charge is 1.96. The number of pyridine rings is 1. The summed E-state index contributed by atoms with van der Waals surface area (Å²) in [7, 11) is 1.90. The van der Waals surface area contributed by atoms with Crippen LogP contribution in [0.4, 0.5) is 5.69 Å². The van der Waals surface area contributed by atoms with Crippen LogP contribution in [0, 0.1) is 0 Å². The standard InChI is InChI=1S/C10H17N3/c1-8(2)13-6-9-4-10(11-3)7-12-5-9/h4-5,7-8,11,13H,6H2,1-3H3. The van der Waals surface area contributed by atoms with Crippen LogP contribution >= 0.6 is 0 Å². The molecular formula is C10H17N3. The van der Waals surface area contributed by atoms with Crippen molar-refractivity contribution in [3.05, 3.63) is 24.0 Å². The Kier molecular flexibility index (Phi) is 3.71. The molecule has 1 aromatic rings. The summed E-state index contributed by atoms with van der Waals surface area (Å²) in [6, 6.07) is 2.61. The Balaban J connectivity index is 2.56. The summed E-state index contributed by atoms with van der Waals surface area (Å²) in [5.41, 5.74) is 2.27. The fraction of sp³-hybridized carbons (Fsp3) is 0.500. The van der Waals surface area contributed by atoms with Crippen molar-refractivity contribution in [3.63, 3.8) is 0 Å². The minimum absolute atomic E-state index is 0.512. The first-order valence-corrected chi connectivity index (χ1v) is 4.57. The maximum absolute atomic E-state index is 4.13. The lowest BCUT2D eigenvalue weighted by atomic mass is 10.2. The molecule has 0 spiro atoms. The Labute approximate surface area is 79.6 Å². The molecule has 13 heavy (non-hydrogen) atoms. The van der Waals surface area contributed by atoms with Gasteiger partial charge in [-0.3, -0.25) is 4.98 Å². The first kappa shape index (κ1) is 9.99. The number of aromatic nitrogens is 1. The Morgan fingerprint density at radius 1 is 1.38 bits per heavy atom. The Morgan fingerprint density at radius 3 is 2.77 bits per heavy atom. The number of nitrogens with one attached hydrogen (secondary N) is 2. The summed E-state index contributed by atoms with van der Waals surface area (Å²) in [5, 5.41) is 6.41. The monoisotopic (exact) mass is 179 g/mol. The van der Waals surface area contributed by atoms with Crippen molar-refractivity contribution >= 4 is 5.69 Å². The zero-order chi connectivity index (χ0) is 9.68. The predicted molar refractivity (Wildman–Crippen MR) is 55.8 cm³/mol. The van der Waals surface area contributed by atoms with Gasteiger partial charge in [0.25, 0.3) is 0 Å². The molecule has 0 aromatic carbocycles. The van der Waals surface area contributed by atoms with E-state index in [1.807, 2.05) is 19.4 Å². The summed E-state index contributed by atoms with van der Waals surface area (Å²) < 4.78 is 0. The van der Waals surface area contributed by atoms with Crippen LogP contribution in [0.25, 0.3) is 0 Å². The molecule has 0 saturated carbocycles. The average Bonchev–Trinajstić information content (AvgIpc) is 2.15. The third-order valence-corrected chi connectivity index (χ3v) is 1.80. The molecule has 1 heterocycles. The SMILES string of the molecule is CNc1cncc(CNC(C)C)c1. The number of anilines is 1. The van der Waals surface area contributed by atoms with E-state index in [9.17, 15) is 0 Å². The summed E-state index contributed by atoms with van der Waals surface area (Å²) in [6.45, 7) is 5.14. The maximum atomic E-state index is 4.13. The molecule has 3 nitrogen and oxygen atoms in total. The number of hydrogen-bond donors (Lipinski definition) is 2. The minimum atomic E-state index is 0.512. The lowest BCUT2D eigenvalue weighted by molar-refractivity contribution is 0.588. The van der Waals surface area contributed by atoms with Crippen molar-refractivity contribution in [3.8, 4) is 0 Å². The number of rotatable bonds is 4. The molecule has 1 rings (SSSR count). The zero-order valence-electron chi connectivity index (χ0n) is 8.46. The summed E-state index contributed by atoms with van der Waals surface area (Å²) in [4.78, 5) is 4.13. The Hall–Kier alpha value is -1.09. The molecule has 0 amide bonds. The van der Waals surface area contributed by atoms with Crippen molar-refractivity contribution in [1.82, 2.24) is 10.3 Å². The molecule has 3 heteroatoms. The summed E-state index contributed by atoms with van der Waals surface area (Å²) in [6.07, 6.45) is 3.70. The fourth-order valence-corrected chi connectivity index (χ4v) is 1.04. The summed E-state index contributed by atoms with van der Waals surface area (Å²) in [5.74, 6) is 0. The number of nitrogens with zero attached hydrogens (tertiary/aromatic N) is 1. The van der Waals surface area contributed by atoms with Crippen LogP contribution in [0.3, 0.4) is 0 Å². The van der Waals surface area contributed by atoms with E-state index in [1.165, 1.54) is 5.56 Å². The van der Waals surface area contributed by atoms with Gasteiger partial charge in [-0.05, 0) is 11.6 Å². The zero-order valence-corrected chi connectivity index (χ0v) is 8.46. The molecule has 0 unspecified atom stereocenters. The lowest BCUT2D eigenvalue weighted by Gasteiger charge is -2.08. The Morgan fingerprint density at radius 2 is 2.15 bits per heavy atom. The molecule has 0 atom stereocenters. The van der Waals surface area contributed by atoms with Crippen LogP contribution in [-0.2, 0) is 6.54 Å². The molecule has 0 fully saturated rings. The van der Waals surface area contributed by atoms with Gasteiger partial charge in [0.15, 0.2) is 0 Å². The van der Waals surface area contributed by atoms with Gasteiger partial charge in [-0.2, -0.15) is 0 Å². The van der Waals surface area contributed by atoms with Crippen molar-refractivity contribution < 1.29 is 0 Å². The highest BCUT2D eigenvalue weighted by atomic mass is 14.9. The molecule has 0 aliphatic rings. The molecule has 72 valence electrons. The van der Waals surface area contributed by atoms with Gasteiger partial charge >= 0.3 is 0 Å². The third kappa shape index (κ3) is 3.42. The van der Waals surface area contributed by atoms with E-state index in [0.717, 1.165) is 12.2 Å². The normalized spacial score (nSPS) is 10.5. The van der Waals surface area contributed by atoms with Gasteiger partial charge in [0.05, 0.1) is 5.69 Å². The van der Waals surface area contributed by atoms with E-state index >= 15 is 0 Å². The predicted octanol–water partition coefficient (Wildman–Crippen LogP) is 1.62. The second kappa shape index (κ2) is 4.82. The molecule has 0 saturated heterocycles. The molecule has 2 N–H and O–H groups in total. The van der Waals surface area contributed by atoms with Gasteiger partial charge in [-0.15, -0.1) is 0 Å². The summed E-state index contributed by atoms with van der Waals surface area (Å²) >= 11 is 0. The smallest absolute Gasteiger partial charge is 0.0527 e. The van der Waals surface area contributed by atoms with Crippen molar-refractivity contribution in [2.24, 2.45) is 0 Å². The van der Waals surface area contributed by atoms with E-state index in [1.54, 1.807) is 0 Å². The van der Waals surface area contributed by atoms with Gasteiger partial charge in [0.2, 0.25) is 0 Å². The molecule has 0 aliphatic heterocycles. The van der Waals surface area contributed by atoms with Gasteiger partial charge in [0.1, 0.15) is 0 Å². The van der Waals surface area contributed by atoms with Crippen LogP contribution < -0.4 is 10.6 Å². The highest BCUT2D eigenvalue weighted by Crippen LogP contribution is 2.06. The third-order valence-electron chi connectivity index (χ3n) is 1.80. The maximum Gasteiger partial charge on any atom is 0.0527 e. The quantitative estimate of drug-likeness (QED) is 0.737. The largest absolute Gasteiger partial charge is 0.387 e. The average molecular weight is 179 g/mol. The van der Waals surface area contributed by atoms with Crippen LogP contribution in [0.2, 0.25) is 0 Å². The van der Waals surface area contributed by atoms with Gasteiger partial charge < -0.3 is 10.6 Å². The van der Waals surface area contributed by atoms with Crippen LogP contribution in [-0.4, -0.2) is 18.1 Å². The van der Waals surface area contributed by atoms with E-state index in [-0.39, 0.29) is 0 Å². The topological polar surface area (TPSA) is 37.0 Å². The van der Waals surface area contributed by atoms with Crippen molar-refractivity contribution in [2.45, 2.75) is 26.4 Å². The van der Waals surface area contributed by atoms with Crippen LogP contribution in [0.1, 0.15) is 19.4 Å². The molecule has 0 radical (unpaired) electrons. The van der Waals surface area contributed by atoms with Crippen LogP contribution in [0.15, 0.2) is 18.5 Å². The molecule has 0 bridgehead atoms. The van der Waals surface area contributed by atoms with Crippen LogP contribution in [0.5, 0.6) is 0 Å². The second-order valence-corrected chi connectivity index (χ2v) is 3.37. The molecule has 1 aromatic heterocycles. The van der Waals surface area contributed by atoms with Gasteiger partial charge in [-0.25, -0.2) is 0 Å². The van der Waals surface area contributed by atoms with Crippen molar-refractivity contribution in [1.29, 1.82) is 0 Å². The lowest BCUT2D eigenvalue weighted by Crippen LogP contribution is -2.21. The van der Waals surface area contributed by atoms with Crippen molar-refractivity contribution in [2.75, 3.05) is 12.4 Å². The second-order valence-electron chi connectivity index (χ2n) is 3.37. The Bertz CT molecular complexity index is 258. The van der Waals surface area contributed by atoms with Gasteiger partial charge in [-0.1, -0.05) is 13.8 Å². The highest BCUT2D eigenvalue weighted by molar-refractivity contribution is 5.41. The van der Waals surface area contributed by atoms with E-state index in [2.05, 4.69) is 35.5 Å². The van der Waals surface area contributed by atoms with Gasteiger partial charge in [0, 0.05) is 32.0 Å². The van der Waals surface area contributed by atoms with E-state index in [4.69, 9.17) is 0 Å². The first-order valence-electron chi connectivity index (χ1n) is 4.57. The number of hydrogen-bond acceptors (Lipinski definition) is 3. The van der Waals surface area contributed by atoms with E-state index < -0.39 is 0 Å². The fourth-order valence-electron chi connectivity index (χ4n) is 1.04. The van der Waals surface area contributed by atoms with E-state index in [0.29, 0.717) is 6.04 Å².